The number of nitrogens with zero attached hydrogens (tertiary/aromatic N) is 8. The van der Waals surface area contributed by atoms with E-state index in [1.54, 1.807) is 12.1 Å². The molecule has 5 fully saturated rings. The maximum absolute atomic E-state index is 13.3. The lowest BCUT2D eigenvalue weighted by Gasteiger charge is -2.48. The first kappa shape index (κ1) is 36.4. The second-order valence-corrected chi connectivity index (χ2v) is 16.6. The maximum Gasteiger partial charge on any atom is 0.262 e. The molecule has 5 saturated heterocycles. The molecule has 290 valence electrons. The Morgan fingerprint density at radius 3 is 2.32 bits per heavy atom. The second kappa shape index (κ2) is 14.4. The lowest BCUT2D eigenvalue weighted by Crippen LogP contribution is -2.61. The predicted molar refractivity (Wildman–Crippen MR) is 209 cm³/mol. The van der Waals surface area contributed by atoms with Crippen LogP contribution in [0.4, 0.5) is 22.9 Å². The van der Waals surface area contributed by atoms with Gasteiger partial charge in [0.05, 0.1) is 17.7 Å². The molecule has 1 spiro atoms. The number of rotatable bonds is 7. The molecule has 2 aromatic carbocycles. The quantitative estimate of drug-likeness (QED) is 0.264. The number of hydrogen-bond donors (Lipinski definition) is 1. The Balaban J connectivity index is 0.725. The van der Waals surface area contributed by atoms with Crippen LogP contribution in [0.5, 0.6) is 5.88 Å². The minimum atomic E-state index is -0.970. The van der Waals surface area contributed by atoms with E-state index in [0.717, 1.165) is 100 Å². The summed E-state index contributed by atoms with van der Waals surface area (Å²) in [6.45, 7) is 15.9. The highest BCUT2D eigenvalue weighted by atomic mass is 35.5. The zero-order chi connectivity index (χ0) is 38.7. The van der Waals surface area contributed by atoms with Gasteiger partial charge in [-0.2, -0.15) is 0 Å². The van der Waals surface area contributed by atoms with E-state index < -0.39 is 29.7 Å². The van der Waals surface area contributed by atoms with Crippen molar-refractivity contribution in [3.8, 4) is 5.88 Å². The normalized spacial score (nSPS) is 24.4. The summed E-state index contributed by atoms with van der Waals surface area (Å²) in [6, 6.07) is 14.9. The standard InChI is InChI=1S/C41H44ClN9O5/c1-25-21-41(24-50(25)27-4-6-33(43-2)32(42)20-27)13-17-48(18-14-41)35-8-10-37(46-45-35)56-29-11-15-47(16-12-29)28-22-49(23-28)26-3-5-30-31(19-26)40(55)51(39(30)54)34-7-9-36(52)44-38(34)53/h3-6,8,10,19-20,25,28-29,34H,7,9,11-18,21-24H2,1H3,(H,44,52,53)/t25-,34?/m0/s1. The monoisotopic (exact) mass is 777 g/mol. The summed E-state index contributed by atoms with van der Waals surface area (Å²) in [5, 5.41) is 11.8. The third-order valence-electron chi connectivity index (χ3n) is 12.9. The van der Waals surface area contributed by atoms with Crippen molar-refractivity contribution in [1.82, 2.24) is 25.3 Å². The molecule has 2 atom stereocenters. The molecule has 4 amide bonds. The lowest BCUT2D eigenvalue weighted by atomic mass is 9.77. The average molecular weight is 778 g/mol. The van der Waals surface area contributed by atoms with Crippen LogP contribution in [-0.4, -0.2) is 114 Å². The zero-order valence-electron chi connectivity index (χ0n) is 31.3. The van der Waals surface area contributed by atoms with Gasteiger partial charge in [-0.15, -0.1) is 10.2 Å². The van der Waals surface area contributed by atoms with Crippen molar-refractivity contribution in [2.75, 3.05) is 60.5 Å². The molecule has 6 aliphatic heterocycles. The molecule has 7 heterocycles. The molecule has 9 rings (SSSR count). The van der Waals surface area contributed by atoms with E-state index >= 15 is 0 Å². The largest absolute Gasteiger partial charge is 0.473 e. The predicted octanol–water partition coefficient (Wildman–Crippen LogP) is 4.70. The fourth-order valence-corrected chi connectivity index (χ4v) is 9.85. The van der Waals surface area contributed by atoms with E-state index in [-0.39, 0.29) is 24.4 Å². The summed E-state index contributed by atoms with van der Waals surface area (Å²) < 4.78 is 6.29. The number of fused-ring (bicyclic) bond motifs is 1. The number of imide groups is 2. The Hall–Kier alpha value is -5.26. The highest BCUT2D eigenvalue weighted by molar-refractivity contribution is 6.33. The number of anilines is 3. The van der Waals surface area contributed by atoms with Gasteiger partial charge < -0.3 is 19.4 Å². The van der Waals surface area contributed by atoms with Crippen LogP contribution in [0.15, 0.2) is 48.5 Å². The third kappa shape index (κ3) is 6.60. The van der Waals surface area contributed by atoms with Gasteiger partial charge in [0.1, 0.15) is 12.1 Å². The van der Waals surface area contributed by atoms with Crippen LogP contribution in [0.2, 0.25) is 5.02 Å². The smallest absolute Gasteiger partial charge is 0.262 e. The van der Waals surface area contributed by atoms with Gasteiger partial charge in [0, 0.05) is 86.8 Å². The number of aromatic nitrogens is 2. The number of halogens is 1. The van der Waals surface area contributed by atoms with E-state index in [9.17, 15) is 19.2 Å². The summed E-state index contributed by atoms with van der Waals surface area (Å²) >= 11 is 6.37. The number of nitrogens with one attached hydrogen (secondary N) is 1. The van der Waals surface area contributed by atoms with Gasteiger partial charge in [0.2, 0.25) is 23.4 Å². The van der Waals surface area contributed by atoms with Gasteiger partial charge in [-0.3, -0.25) is 34.3 Å². The number of carbonyl (C=O) groups excluding carboxylic acids is 4. The number of likely N-dealkylation sites (tertiary alicyclic amines) is 1. The molecule has 56 heavy (non-hydrogen) atoms. The molecule has 1 aromatic heterocycles. The summed E-state index contributed by atoms with van der Waals surface area (Å²) in [4.78, 5) is 64.3. The first-order valence-corrected chi connectivity index (χ1v) is 20.0. The van der Waals surface area contributed by atoms with Crippen LogP contribution in [0.1, 0.15) is 72.6 Å². The Labute approximate surface area is 330 Å². The minimum Gasteiger partial charge on any atom is -0.473 e. The Morgan fingerprint density at radius 2 is 1.62 bits per heavy atom. The van der Waals surface area contributed by atoms with Gasteiger partial charge in [0.15, 0.2) is 5.82 Å². The first-order chi connectivity index (χ1) is 27.1. The van der Waals surface area contributed by atoms with Crippen LogP contribution < -0.4 is 24.8 Å². The van der Waals surface area contributed by atoms with Crippen LogP contribution in [0.3, 0.4) is 0 Å². The van der Waals surface area contributed by atoms with E-state index in [0.29, 0.717) is 39.8 Å². The molecule has 0 saturated carbocycles. The van der Waals surface area contributed by atoms with Crippen molar-refractivity contribution in [2.45, 2.75) is 76.1 Å². The average Bonchev–Trinajstić information content (AvgIpc) is 3.63. The third-order valence-corrected chi connectivity index (χ3v) is 13.2. The highest BCUT2D eigenvalue weighted by Gasteiger charge is 2.46. The molecule has 14 nitrogen and oxygen atoms in total. The Bertz CT molecular complexity index is 2120. The Kier molecular flexibility index (Phi) is 9.32. The van der Waals surface area contributed by atoms with E-state index in [1.807, 2.05) is 36.4 Å². The molecular formula is C41H44ClN9O5. The number of carbonyl (C=O) groups is 4. The number of amides is 4. The van der Waals surface area contributed by atoms with Gasteiger partial charge in [-0.05, 0) is 87.3 Å². The Morgan fingerprint density at radius 1 is 0.875 bits per heavy atom. The molecule has 0 bridgehead atoms. The van der Waals surface area contributed by atoms with Crippen molar-refractivity contribution >= 4 is 58.1 Å². The van der Waals surface area contributed by atoms with Crippen LogP contribution in [-0.2, 0) is 9.59 Å². The maximum atomic E-state index is 13.3. The van der Waals surface area contributed by atoms with Crippen molar-refractivity contribution in [1.29, 1.82) is 0 Å². The fourth-order valence-electron chi connectivity index (χ4n) is 9.63. The van der Waals surface area contributed by atoms with Crippen molar-refractivity contribution in [3.63, 3.8) is 0 Å². The fraction of sp³-hybridized carbons (Fsp3) is 0.488. The molecule has 3 aromatic rings. The van der Waals surface area contributed by atoms with Gasteiger partial charge in [-0.1, -0.05) is 17.7 Å². The zero-order valence-corrected chi connectivity index (χ0v) is 32.1. The van der Waals surface area contributed by atoms with Crippen LogP contribution in [0.25, 0.3) is 4.85 Å². The first-order valence-electron chi connectivity index (χ1n) is 19.6. The van der Waals surface area contributed by atoms with Crippen molar-refractivity contribution in [2.24, 2.45) is 5.41 Å². The number of ether oxygens (including phenoxy) is 1. The van der Waals surface area contributed by atoms with Crippen molar-refractivity contribution in [3.05, 3.63) is 76.1 Å². The van der Waals surface area contributed by atoms with Gasteiger partial charge in [-0.25, -0.2) is 4.85 Å². The molecule has 0 radical (unpaired) electrons. The molecule has 1 unspecified atom stereocenters. The highest BCUT2D eigenvalue weighted by Crippen LogP contribution is 2.46. The van der Waals surface area contributed by atoms with Crippen LogP contribution in [0, 0.1) is 12.0 Å². The SMILES string of the molecule is [C-]#[N+]c1ccc(N2CC3(CCN(c4ccc(OC5CCN(C6CN(c7ccc8c(c7)C(=O)N(C7CCC(=O)NC7=O)C8=O)C6)CC5)nn4)CC3)C[C@@H]2C)cc1Cl. The van der Waals surface area contributed by atoms with Gasteiger partial charge in [0.25, 0.3) is 11.8 Å². The van der Waals surface area contributed by atoms with Crippen molar-refractivity contribution < 1.29 is 23.9 Å². The molecular weight excluding hydrogens is 734 g/mol. The molecule has 15 heteroatoms. The van der Waals surface area contributed by atoms with Crippen LogP contribution >= 0.6 is 11.6 Å². The number of benzene rings is 2. The topological polar surface area (TPSA) is 136 Å². The second-order valence-electron chi connectivity index (χ2n) is 16.2. The number of hydrogen-bond acceptors (Lipinski definition) is 11. The van der Waals surface area contributed by atoms with E-state index in [4.69, 9.17) is 22.9 Å². The van der Waals surface area contributed by atoms with Gasteiger partial charge >= 0.3 is 0 Å². The van der Waals surface area contributed by atoms with E-state index in [1.165, 1.54) is 0 Å². The molecule has 0 aliphatic carbocycles. The number of piperidine rings is 3. The minimum absolute atomic E-state index is 0.0738. The molecule has 1 N–H and O–H groups in total. The lowest BCUT2D eigenvalue weighted by molar-refractivity contribution is -0.136. The molecule has 6 aliphatic rings. The van der Waals surface area contributed by atoms with E-state index in [2.05, 4.69) is 46.9 Å². The summed E-state index contributed by atoms with van der Waals surface area (Å²) in [7, 11) is 0. The summed E-state index contributed by atoms with van der Waals surface area (Å²) in [5.74, 6) is -0.537. The summed E-state index contributed by atoms with van der Waals surface area (Å²) in [6.07, 6.45) is 5.39. The summed E-state index contributed by atoms with van der Waals surface area (Å²) in [5.41, 5.74) is 3.30.